The van der Waals surface area contributed by atoms with Crippen molar-refractivity contribution in [1.29, 1.82) is 0 Å². The fraction of sp³-hybridized carbons (Fsp3) is 0.111. The van der Waals surface area contributed by atoms with Gasteiger partial charge in [-0.2, -0.15) is 0 Å². The minimum absolute atomic E-state index is 0.0213. The second-order valence-electron chi connectivity index (χ2n) is 7.85. The number of halogens is 1. The molecule has 0 fully saturated rings. The summed E-state index contributed by atoms with van der Waals surface area (Å²) < 4.78 is 0.987. The number of hydrogen-bond acceptors (Lipinski definition) is 3. The van der Waals surface area contributed by atoms with Crippen molar-refractivity contribution in [3.05, 3.63) is 107 Å². The number of nitrogens with zero attached hydrogens (tertiary/aromatic N) is 2. The Bertz CT molecular complexity index is 1420. The van der Waals surface area contributed by atoms with E-state index in [1.165, 1.54) is 11.3 Å². The molecule has 5 aromatic rings. The van der Waals surface area contributed by atoms with Gasteiger partial charge in [-0.1, -0.05) is 95.7 Å². The summed E-state index contributed by atoms with van der Waals surface area (Å²) in [6.45, 7) is 2.47. The summed E-state index contributed by atoms with van der Waals surface area (Å²) in [5, 5.41) is 3.62. The van der Waals surface area contributed by atoms with Crippen LogP contribution in [0.3, 0.4) is 0 Å². The van der Waals surface area contributed by atoms with Gasteiger partial charge in [-0.25, -0.2) is 4.98 Å². The van der Waals surface area contributed by atoms with E-state index in [4.69, 9.17) is 16.6 Å². The number of aromatic nitrogens is 1. The second kappa shape index (κ2) is 8.73. The molecule has 0 saturated carbocycles. The van der Waals surface area contributed by atoms with E-state index in [1.54, 1.807) is 4.90 Å². The van der Waals surface area contributed by atoms with Gasteiger partial charge in [-0.3, -0.25) is 9.69 Å². The molecular weight excluding hydrogens is 436 g/mol. The van der Waals surface area contributed by atoms with Gasteiger partial charge in [0.25, 0.3) is 0 Å². The Labute approximate surface area is 195 Å². The van der Waals surface area contributed by atoms with Gasteiger partial charge in [0.15, 0.2) is 5.13 Å². The Hall–Kier alpha value is -3.21. The third-order valence-corrected chi connectivity index (χ3v) is 6.82. The van der Waals surface area contributed by atoms with Crippen molar-refractivity contribution in [2.45, 2.75) is 19.9 Å². The van der Waals surface area contributed by atoms with Crippen molar-refractivity contribution in [1.82, 2.24) is 4.98 Å². The molecule has 0 spiro atoms. The molecule has 4 aromatic carbocycles. The number of thiazole rings is 1. The van der Waals surface area contributed by atoms with Crippen molar-refractivity contribution in [3.63, 3.8) is 0 Å². The summed E-state index contributed by atoms with van der Waals surface area (Å²) in [4.78, 5) is 20.3. The highest BCUT2D eigenvalue weighted by Crippen LogP contribution is 2.34. The summed E-state index contributed by atoms with van der Waals surface area (Å²) in [6, 6.07) is 28.2. The first-order valence-electron chi connectivity index (χ1n) is 10.5. The van der Waals surface area contributed by atoms with Crippen LogP contribution in [0.15, 0.2) is 84.9 Å². The number of anilines is 1. The molecule has 158 valence electrons. The molecule has 0 bridgehead atoms. The summed E-state index contributed by atoms with van der Waals surface area (Å²) in [5.74, 6) is 0.0213. The van der Waals surface area contributed by atoms with Crippen LogP contribution in [0.4, 0.5) is 5.13 Å². The minimum atomic E-state index is 0.0213. The highest BCUT2D eigenvalue weighted by atomic mass is 35.5. The Morgan fingerprint density at radius 1 is 0.969 bits per heavy atom. The SMILES string of the molecule is Cc1cc(Cl)cc2sc(N(Cc3ccccc3)C(=O)Cc3cccc4ccccc34)nc12. The van der Waals surface area contributed by atoms with Gasteiger partial charge in [0, 0.05) is 5.02 Å². The van der Waals surface area contributed by atoms with Gasteiger partial charge in [-0.15, -0.1) is 0 Å². The molecule has 0 aliphatic heterocycles. The molecule has 0 saturated heterocycles. The normalized spacial score (nSPS) is 11.2. The first-order valence-corrected chi connectivity index (χ1v) is 11.7. The van der Waals surface area contributed by atoms with E-state index in [1.807, 2.05) is 73.7 Å². The highest BCUT2D eigenvalue weighted by Gasteiger charge is 2.22. The van der Waals surface area contributed by atoms with Gasteiger partial charge in [0.1, 0.15) is 0 Å². The van der Waals surface area contributed by atoms with Gasteiger partial charge in [-0.05, 0) is 46.5 Å². The second-order valence-corrected chi connectivity index (χ2v) is 9.29. The Morgan fingerprint density at radius 3 is 2.56 bits per heavy atom. The van der Waals surface area contributed by atoms with Gasteiger partial charge in [0.05, 0.1) is 23.2 Å². The number of amides is 1. The molecule has 3 nitrogen and oxygen atoms in total. The summed E-state index contributed by atoms with van der Waals surface area (Å²) in [5.41, 5.74) is 3.99. The maximum Gasteiger partial charge on any atom is 0.233 e. The zero-order valence-electron chi connectivity index (χ0n) is 17.6. The van der Waals surface area contributed by atoms with Gasteiger partial charge in [0.2, 0.25) is 5.91 Å². The van der Waals surface area contributed by atoms with E-state index in [0.29, 0.717) is 23.1 Å². The monoisotopic (exact) mass is 456 g/mol. The van der Waals surface area contributed by atoms with E-state index in [2.05, 4.69) is 18.2 Å². The van der Waals surface area contributed by atoms with Gasteiger partial charge >= 0.3 is 0 Å². The topological polar surface area (TPSA) is 33.2 Å². The highest BCUT2D eigenvalue weighted by molar-refractivity contribution is 7.22. The zero-order chi connectivity index (χ0) is 22.1. The molecule has 32 heavy (non-hydrogen) atoms. The molecule has 1 heterocycles. The van der Waals surface area contributed by atoms with Crippen LogP contribution in [0.1, 0.15) is 16.7 Å². The zero-order valence-corrected chi connectivity index (χ0v) is 19.2. The van der Waals surface area contributed by atoms with Crippen molar-refractivity contribution >= 4 is 55.0 Å². The molecule has 5 rings (SSSR count). The predicted octanol–water partition coefficient (Wildman–Crippen LogP) is 7.19. The largest absolute Gasteiger partial charge is 0.283 e. The number of carbonyl (C=O) groups is 1. The molecule has 1 aromatic heterocycles. The van der Waals surface area contributed by atoms with Crippen molar-refractivity contribution in [3.8, 4) is 0 Å². The molecular formula is C27H21ClN2OS. The fourth-order valence-corrected chi connectivity index (χ4v) is 5.43. The van der Waals surface area contributed by atoms with E-state index in [0.717, 1.165) is 37.7 Å². The van der Waals surface area contributed by atoms with E-state index in [9.17, 15) is 4.79 Å². The quantitative estimate of drug-likeness (QED) is 0.280. The van der Waals surface area contributed by atoms with Gasteiger partial charge < -0.3 is 0 Å². The standard InChI is InChI=1S/C27H21ClN2OS/c1-18-14-22(28)16-24-26(18)29-27(32-24)30(17-19-8-3-2-4-9-19)25(31)15-21-12-7-11-20-10-5-6-13-23(20)21/h2-14,16H,15,17H2,1H3. The number of carbonyl (C=O) groups excluding carboxylic acids is 1. The lowest BCUT2D eigenvalue weighted by Gasteiger charge is -2.20. The lowest BCUT2D eigenvalue weighted by molar-refractivity contribution is -0.118. The van der Waals surface area contributed by atoms with Crippen molar-refractivity contribution < 1.29 is 4.79 Å². The number of rotatable bonds is 5. The smallest absolute Gasteiger partial charge is 0.233 e. The number of benzene rings is 4. The average Bonchev–Trinajstić information content (AvgIpc) is 3.22. The van der Waals surface area contributed by atoms with Crippen LogP contribution in [0.2, 0.25) is 5.02 Å². The van der Waals surface area contributed by atoms with E-state index < -0.39 is 0 Å². The van der Waals surface area contributed by atoms with Crippen LogP contribution >= 0.6 is 22.9 Å². The maximum absolute atomic E-state index is 13.7. The minimum Gasteiger partial charge on any atom is -0.283 e. The summed E-state index contributed by atoms with van der Waals surface area (Å²) >= 11 is 7.77. The summed E-state index contributed by atoms with van der Waals surface area (Å²) in [7, 11) is 0. The third kappa shape index (κ3) is 4.12. The fourth-order valence-electron chi connectivity index (χ4n) is 3.99. The Kier molecular flexibility index (Phi) is 5.64. The van der Waals surface area contributed by atoms with Crippen LogP contribution in [0.25, 0.3) is 21.0 Å². The number of fused-ring (bicyclic) bond motifs is 2. The van der Waals surface area contributed by atoms with Crippen LogP contribution in [-0.4, -0.2) is 10.9 Å². The molecule has 0 aliphatic rings. The molecule has 0 radical (unpaired) electrons. The molecule has 0 atom stereocenters. The molecule has 5 heteroatoms. The Balaban J connectivity index is 1.55. The van der Waals surface area contributed by atoms with E-state index in [-0.39, 0.29) is 5.91 Å². The maximum atomic E-state index is 13.7. The lowest BCUT2D eigenvalue weighted by atomic mass is 10.0. The first kappa shape index (κ1) is 20.7. The van der Waals surface area contributed by atoms with Crippen LogP contribution in [0, 0.1) is 6.92 Å². The molecule has 1 amide bonds. The molecule has 0 N–H and O–H groups in total. The molecule has 0 unspecified atom stereocenters. The molecule has 0 aliphatic carbocycles. The summed E-state index contributed by atoms with van der Waals surface area (Å²) in [6.07, 6.45) is 0.309. The predicted molar refractivity (Wildman–Crippen MR) is 135 cm³/mol. The van der Waals surface area contributed by atoms with Crippen molar-refractivity contribution in [2.75, 3.05) is 4.90 Å². The third-order valence-electron chi connectivity index (χ3n) is 5.58. The van der Waals surface area contributed by atoms with Crippen LogP contribution in [-0.2, 0) is 17.8 Å². The average molecular weight is 457 g/mol. The van der Waals surface area contributed by atoms with Crippen LogP contribution < -0.4 is 4.90 Å². The first-order chi connectivity index (χ1) is 15.6. The Morgan fingerprint density at radius 2 is 1.72 bits per heavy atom. The van der Waals surface area contributed by atoms with Crippen LogP contribution in [0.5, 0.6) is 0 Å². The number of hydrogen-bond donors (Lipinski definition) is 0. The van der Waals surface area contributed by atoms with Crippen molar-refractivity contribution in [2.24, 2.45) is 0 Å². The number of aryl methyl sites for hydroxylation is 1. The van der Waals surface area contributed by atoms with E-state index >= 15 is 0 Å². The lowest BCUT2D eigenvalue weighted by Crippen LogP contribution is -2.31.